The van der Waals surface area contributed by atoms with E-state index >= 15 is 0 Å². The Morgan fingerprint density at radius 3 is 2.35 bits per heavy atom. The van der Waals surface area contributed by atoms with Crippen molar-refractivity contribution in [3.05, 3.63) is 77.9 Å². The Bertz CT molecular complexity index is 752. The summed E-state index contributed by atoms with van der Waals surface area (Å²) in [6, 6.07) is 15.7. The van der Waals surface area contributed by atoms with E-state index in [0.717, 1.165) is 18.6 Å². The standard InChI is InChI=1S/C14H11O.C5H5.C3H6.2ClH.Zr/c1-15-13-8-4-6-11-9-10-5-2-3-7-12(10)14(11)13;1-2-4-5-3-1;1-3-2;;;/h2-5,7-8H,9H2,1H3;1-3H,4H2;1-2H3;2*1H;/q2*-1;;;;+2/p-2. The fourth-order valence-electron chi connectivity index (χ4n) is 2.58. The molecule has 0 amide bonds. The van der Waals surface area contributed by atoms with Crippen LogP contribution >= 0.6 is 0 Å². The van der Waals surface area contributed by atoms with Crippen LogP contribution in [-0.2, 0) is 30.7 Å². The minimum Gasteiger partial charge on any atom is -1.00 e. The Morgan fingerprint density at radius 2 is 1.81 bits per heavy atom. The summed E-state index contributed by atoms with van der Waals surface area (Å²) in [5, 5.41) is 0. The molecular weight excluding hydrogens is 442 g/mol. The molecule has 0 aromatic heterocycles. The summed E-state index contributed by atoms with van der Waals surface area (Å²) >= 11 is 1.55. The van der Waals surface area contributed by atoms with E-state index in [1.165, 1.54) is 25.5 Å². The van der Waals surface area contributed by atoms with Crippen LogP contribution in [0.3, 0.4) is 0 Å². The first-order chi connectivity index (χ1) is 11.6. The third kappa shape index (κ3) is 7.35. The van der Waals surface area contributed by atoms with Crippen molar-refractivity contribution in [1.82, 2.24) is 0 Å². The monoisotopic (exact) mass is 462 g/mol. The van der Waals surface area contributed by atoms with Gasteiger partial charge in [0.15, 0.2) is 0 Å². The number of ether oxygens (including phenoxy) is 1. The Labute approximate surface area is 184 Å². The molecule has 1 nitrogen and oxygen atoms in total. The van der Waals surface area contributed by atoms with Gasteiger partial charge in [-0.15, -0.1) is 18.1 Å². The van der Waals surface area contributed by atoms with Gasteiger partial charge in [0.05, 0.1) is 7.11 Å². The quantitative estimate of drug-likeness (QED) is 0.426. The molecule has 0 heterocycles. The number of halogens is 2. The molecule has 2 aromatic carbocycles. The van der Waals surface area contributed by atoms with Crippen LogP contribution in [0.4, 0.5) is 0 Å². The van der Waals surface area contributed by atoms with Crippen LogP contribution in [0.2, 0.25) is 0 Å². The van der Waals surface area contributed by atoms with E-state index in [4.69, 9.17) is 4.74 Å². The van der Waals surface area contributed by atoms with Crippen molar-refractivity contribution < 1.29 is 53.8 Å². The fraction of sp³-hybridized carbons (Fsp3) is 0.227. The summed E-state index contributed by atoms with van der Waals surface area (Å²) in [4.78, 5) is 0. The molecule has 136 valence electrons. The minimum atomic E-state index is 0. The minimum absolute atomic E-state index is 0. The number of allylic oxidation sites excluding steroid dienone is 4. The molecule has 0 bridgehead atoms. The van der Waals surface area contributed by atoms with Gasteiger partial charge in [-0.25, -0.2) is 12.2 Å². The Balaban J connectivity index is 0.000000480. The van der Waals surface area contributed by atoms with Crippen molar-refractivity contribution in [2.24, 2.45) is 0 Å². The largest absolute Gasteiger partial charge is 1.00 e. The average Bonchev–Trinajstić information content (AvgIpc) is 3.25. The van der Waals surface area contributed by atoms with E-state index < -0.39 is 0 Å². The molecule has 26 heavy (non-hydrogen) atoms. The Morgan fingerprint density at radius 1 is 1.12 bits per heavy atom. The molecule has 4 rings (SSSR count). The molecule has 0 fully saturated rings. The number of benzene rings is 2. The van der Waals surface area contributed by atoms with Crippen molar-refractivity contribution in [3.8, 4) is 16.9 Å². The molecule has 0 aliphatic heterocycles. The second-order valence-corrected chi connectivity index (χ2v) is 8.19. The van der Waals surface area contributed by atoms with Gasteiger partial charge in [-0.1, -0.05) is 35.4 Å². The first-order valence-electron chi connectivity index (χ1n) is 8.02. The molecule has 4 heteroatoms. The van der Waals surface area contributed by atoms with Crippen molar-refractivity contribution in [2.45, 2.75) is 26.7 Å². The molecule has 0 saturated heterocycles. The van der Waals surface area contributed by atoms with Crippen molar-refractivity contribution in [3.63, 3.8) is 0 Å². The first kappa shape index (κ1) is 25.1. The first-order valence-corrected chi connectivity index (χ1v) is 9.25. The summed E-state index contributed by atoms with van der Waals surface area (Å²) < 4.78 is 6.90. The fourth-order valence-corrected chi connectivity index (χ4v) is 2.58. The van der Waals surface area contributed by atoms with Gasteiger partial charge >= 0.3 is 41.3 Å². The van der Waals surface area contributed by atoms with Crippen molar-refractivity contribution in [2.75, 3.05) is 7.11 Å². The van der Waals surface area contributed by atoms with E-state index in [1.807, 2.05) is 24.3 Å². The maximum Gasteiger partial charge on any atom is -0.109 e. The van der Waals surface area contributed by atoms with Crippen LogP contribution in [0.25, 0.3) is 11.1 Å². The molecule has 2 aliphatic carbocycles. The zero-order valence-corrected chi connectivity index (χ0v) is 19.2. The van der Waals surface area contributed by atoms with Crippen molar-refractivity contribution >= 4 is 3.21 Å². The molecule has 0 atom stereocenters. The van der Waals surface area contributed by atoms with E-state index in [1.54, 1.807) is 31.3 Å². The second-order valence-electron chi connectivity index (χ2n) is 5.74. The molecule has 0 N–H and O–H groups in total. The predicted octanol–water partition coefficient (Wildman–Crippen LogP) is -0.874. The predicted molar refractivity (Wildman–Crippen MR) is 98.0 cm³/mol. The van der Waals surface area contributed by atoms with Gasteiger partial charge in [0.1, 0.15) is 0 Å². The van der Waals surface area contributed by atoms with Crippen LogP contribution in [0.15, 0.2) is 54.6 Å². The van der Waals surface area contributed by atoms with E-state index in [9.17, 15) is 0 Å². The smallest absolute Gasteiger partial charge is 0.109 e. The topological polar surface area (TPSA) is 9.23 Å². The third-order valence-electron chi connectivity index (χ3n) is 3.50. The summed E-state index contributed by atoms with van der Waals surface area (Å²) in [5.41, 5.74) is 5.13. The molecular formula is C22H22Cl2OZr-2. The van der Waals surface area contributed by atoms with Crippen LogP contribution in [0, 0.1) is 12.1 Å². The summed E-state index contributed by atoms with van der Waals surface area (Å²) in [6.07, 6.45) is 11.0. The van der Waals surface area contributed by atoms with Gasteiger partial charge in [-0.2, -0.15) is 18.2 Å². The summed E-state index contributed by atoms with van der Waals surface area (Å²) in [6.45, 7) is 4.25. The Hall–Kier alpha value is -0.947. The van der Waals surface area contributed by atoms with Gasteiger partial charge in [-0.05, 0) is 12.0 Å². The normalized spacial score (nSPS) is 11.4. The summed E-state index contributed by atoms with van der Waals surface area (Å²) in [7, 11) is 1.72. The summed E-state index contributed by atoms with van der Waals surface area (Å²) in [5.74, 6) is 0.952. The van der Waals surface area contributed by atoms with Crippen LogP contribution < -0.4 is 29.6 Å². The maximum atomic E-state index is 5.39. The van der Waals surface area contributed by atoms with Gasteiger partial charge < -0.3 is 29.6 Å². The van der Waals surface area contributed by atoms with E-state index in [0.29, 0.717) is 0 Å². The van der Waals surface area contributed by atoms with Gasteiger partial charge in [-0.3, -0.25) is 6.08 Å². The molecule has 0 spiro atoms. The van der Waals surface area contributed by atoms with Crippen LogP contribution in [0.5, 0.6) is 5.75 Å². The molecule has 2 aromatic rings. The molecule has 0 radical (unpaired) electrons. The zero-order valence-electron chi connectivity index (χ0n) is 15.3. The van der Waals surface area contributed by atoms with Gasteiger partial charge in [0.25, 0.3) is 0 Å². The number of rotatable bonds is 1. The molecule has 0 unspecified atom stereocenters. The molecule has 0 saturated carbocycles. The number of hydrogen-bond donors (Lipinski definition) is 0. The Kier molecular flexibility index (Phi) is 12.8. The van der Waals surface area contributed by atoms with Crippen LogP contribution in [-0.4, -0.2) is 10.3 Å². The van der Waals surface area contributed by atoms with Crippen LogP contribution in [0.1, 0.15) is 31.4 Å². The third-order valence-corrected chi connectivity index (χ3v) is 3.50. The van der Waals surface area contributed by atoms with E-state index in [-0.39, 0.29) is 24.8 Å². The number of hydrogen-bond acceptors (Lipinski definition) is 1. The van der Waals surface area contributed by atoms with Gasteiger partial charge in [0.2, 0.25) is 0 Å². The van der Waals surface area contributed by atoms with Crippen molar-refractivity contribution in [1.29, 1.82) is 0 Å². The van der Waals surface area contributed by atoms with E-state index in [2.05, 4.69) is 56.3 Å². The second kappa shape index (κ2) is 13.3. The molecule has 2 aliphatic rings. The number of methoxy groups -OCH3 is 1. The SMILES string of the molecule is COc1cc[c-]c2c1-c1ccccc1C2.C[C](C)=[Zr+2].[C-]1=CC=CC1.[Cl-].[Cl-]. The average molecular weight is 465 g/mol. The maximum absolute atomic E-state index is 5.39. The number of fused-ring (bicyclic) bond motifs is 3. The zero-order chi connectivity index (χ0) is 17.4. The van der Waals surface area contributed by atoms with Gasteiger partial charge in [0, 0.05) is 5.75 Å².